The highest BCUT2D eigenvalue weighted by Gasteiger charge is 2.49. The predicted octanol–water partition coefficient (Wildman–Crippen LogP) is 1.95. The standard InChI is InChI=1S/C21H28N4O3/c1-14-16-6-4-5-7-17(16)19(24-23-14)25-10-8-21(9-11-25)13-20(3,27)18(12-28-21)22-15(2)26/h4-7,18,27H,8-13H2,1-3H3,(H,22,26)/t18-,20-/m0/s1. The second-order valence-corrected chi connectivity index (χ2v) is 8.42. The third-order valence-electron chi connectivity index (χ3n) is 6.19. The number of carbonyl (C=O) groups excluding carboxylic acids is 1. The molecule has 1 amide bonds. The van der Waals surface area contributed by atoms with Crippen molar-refractivity contribution in [1.82, 2.24) is 15.5 Å². The summed E-state index contributed by atoms with van der Waals surface area (Å²) in [6.45, 7) is 7.16. The van der Waals surface area contributed by atoms with Crippen molar-refractivity contribution in [2.75, 3.05) is 24.6 Å². The molecule has 7 nitrogen and oxygen atoms in total. The van der Waals surface area contributed by atoms with Crippen molar-refractivity contribution < 1.29 is 14.6 Å². The van der Waals surface area contributed by atoms with Gasteiger partial charge in [0.2, 0.25) is 5.91 Å². The average Bonchev–Trinajstić information content (AvgIpc) is 2.65. The molecule has 0 unspecified atom stereocenters. The summed E-state index contributed by atoms with van der Waals surface area (Å²) in [4.78, 5) is 13.7. The van der Waals surface area contributed by atoms with Crippen LogP contribution in [0.5, 0.6) is 0 Å². The van der Waals surface area contributed by atoms with Gasteiger partial charge in [0.15, 0.2) is 5.82 Å². The van der Waals surface area contributed by atoms with Gasteiger partial charge in [-0.3, -0.25) is 4.79 Å². The summed E-state index contributed by atoms with van der Waals surface area (Å²) in [5, 5.41) is 24.8. The molecule has 2 aliphatic rings. The molecule has 0 bridgehead atoms. The van der Waals surface area contributed by atoms with E-state index in [1.54, 1.807) is 6.92 Å². The lowest BCUT2D eigenvalue weighted by Crippen LogP contribution is -2.63. The maximum absolute atomic E-state index is 11.4. The molecule has 2 N–H and O–H groups in total. The van der Waals surface area contributed by atoms with E-state index in [-0.39, 0.29) is 17.6 Å². The van der Waals surface area contributed by atoms with E-state index in [2.05, 4.69) is 32.5 Å². The maximum atomic E-state index is 11.4. The van der Waals surface area contributed by atoms with Gasteiger partial charge in [-0.15, -0.1) is 5.10 Å². The molecule has 2 aromatic rings. The van der Waals surface area contributed by atoms with Crippen molar-refractivity contribution in [2.24, 2.45) is 0 Å². The Morgan fingerprint density at radius 3 is 2.57 bits per heavy atom. The molecule has 3 heterocycles. The molecule has 0 aliphatic carbocycles. The molecule has 2 atom stereocenters. The Morgan fingerprint density at radius 2 is 1.93 bits per heavy atom. The number of nitrogens with zero attached hydrogens (tertiary/aromatic N) is 3. The van der Waals surface area contributed by atoms with Gasteiger partial charge in [0.05, 0.1) is 29.5 Å². The van der Waals surface area contributed by atoms with Crippen molar-refractivity contribution >= 4 is 22.5 Å². The van der Waals surface area contributed by atoms with Crippen LogP contribution in [-0.4, -0.2) is 58.2 Å². The Hall–Kier alpha value is -2.25. The third-order valence-corrected chi connectivity index (χ3v) is 6.19. The number of ether oxygens (including phenoxy) is 1. The summed E-state index contributed by atoms with van der Waals surface area (Å²) in [6, 6.07) is 7.85. The highest BCUT2D eigenvalue weighted by molar-refractivity contribution is 5.93. The smallest absolute Gasteiger partial charge is 0.217 e. The van der Waals surface area contributed by atoms with Gasteiger partial charge in [-0.25, -0.2) is 0 Å². The zero-order valence-corrected chi connectivity index (χ0v) is 16.7. The number of piperidine rings is 1. The SMILES string of the molecule is CC(=O)N[C@H]1COC2(CCN(c3nnc(C)c4ccccc34)CC2)C[C@]1(C)O. The molecule has 0 radical (unpaired) electrons. The van der Waals surface area contributed by atoms with E-state index >= 15 is 0 Å². The van der Waals surface area contributed by atoms with Crippen LogP contribution in [0, 0.1) is 6.92 Å². The van der Waals surface area contributed by atoms with Crippen molar-refractivity contribution in [2.45, 2.75) is 57.3 Å². The summed E-state index contributed by atoms with van der Waals surface area (Å²) in [5.41, 5.74) is -0.408. The van der Waals surface area contributed by atoms with E-state index in [0.717, 1.165) is 48.2 Å². The van der Waals surface area contributed by atoms with Gasteiger partial charge in [0, 0.05) is 37.2 Å². The van der Waals surface area contributed by atoms with E-state index in [9.17, 15) is 9.90 Å². The van der Waals surface area contributed by atoms with E-state index in [1.807, 2.05) is 19.1 Å². The zero-order chi connectivity index (χ0) is 19.9. The molecule has 2 saturated heterocycles. The minimum atomic E-state index is -0.984. The van der Waals surface area contributed by atoms with Gasteiger partial charge in [-0.2, -0.15) is 5.10 Å². The van der Waals surface area contributed by atoms with Crippen LogP contribution in [0.1, 0.15) is 38.8 Å². The van der Waals surface area contributed by atoms with Crippen LogP contribution in [-0.2, 0) is 9.53 Å². The summed E-state index contributed by atoms with van der Waals surface area (Å²) in [6.07, 6.45) is 2.12. The Balaban J connectivity index is 1.50. The molecule has 28 heavy (non-hydrogen) atoms. The number of fused-ring (bicyclic) bond motifs is 1. The largest absolute Gasteiger partial charge is 0.388 e. The number of carbonyl (C=O) groups is 1. The number of aliphatic hydroxyl groups is 1. The van der Waals surface area contributed by atoms with Crippen LogP contribution in [0.25, 0.3) is 10.8 Å². The molecule has 1 aromatic heterocycles. The van der Waals surface area contributed by atoms with Gasteiger partial charge >= 0.3 is 0 Å². The molecule has 0 saturated carbocycles. The number of hydrogen-bond donors (Lipinski definition) is 2. The van der Waals surface area contributed by atoms with Crippen LogP contribution in [0.15, 0.2) is 24.3 Å². The lowest BCUT2D eigenvalue weighted by atomic mass is 9.75. The molecule has 2 aliphatic heterocycles. The minimum absolute atomic E-state index is 0.149. The van der Waals surface area contributed by atoms with E-state index in [4.69, 9.17) is 4.74 Å². The molecule has 1 spiro atoms. The molecular weight excluding hydrogens is 356 g/mol. The fourth-order valence-corrected chi connectivity index (χ4v) is 4.61. The van der Waals surface area contributed by atoms with E-state index < -0.39 is 5.60 Å². The third kappa shape index (κ3) is 3.44. The Morgan fingerprint density at radius 1 is 1.25 bits per heavy atom. The Kier molecular flexibility index (Phi) is 4.75. The second kappa shape index (κ2) is 6.97. The first-order chi connectivity index (χ1) is 13.3. The lowest BCUT2D eigenvalue weighted by molar-refractivity contribution is -0.180. The first kappa shape index (κ1) is 19.1. The number of amides is 1. The average molecular weight is 384 g/mol. The highest BCUT2D eigenvalue weighted by atomic mass is 16.5. The number of rotatable bonds is 2. The van der Waals surface area contributed by atoms with Gasteiger partial charge in [-0.05, 0) is 26.7 Å². The van der Waals surface area contributed by atoms with E-state index in [0.29, 0.717) is 13.0 Å². The molecule has 4 rings (SSSR count). The number of aromatic nitrogens is 2. The van der Waals surface area contributed by atoms with Crippen LogP contribution in [0.4, 0.5) is 5.82 Å². The molecule has 1 aromatic carbocycles. The Bertz CT molecular complexity index is 890. The Labute approximate surface area is 165 Å². The van der Waals surface area contributed by atoms with Crippen LogP contribution in [0.2, 0.25) is 0 Å². The van der Waals surface area contributed by atoms with Gasteiger partial charge in [0.1, 0.15) is 0 Å². The second-order valence-electron chi connectivity index (χ2n) is 8.42. The van der Waals surface area contributed by atoms with Crippen LogP contribution >= 0.6 is 0 Å². The van der Waals surface area contributed by atoms with Crippen LogP contribution in [0.3, 0.4) is 0 Å². The maximum Gasteiger partial charge on any atom is 0.217 e. The fraction of sp³-hybridized carbons (Fsp3) is 0.571. The number of hydrogen-bond acceptors (Lipinski definition) is 6. The number of benzene rings is 1. The first-order valence-electron chi connectivity index (χ1n) is 9.90. The first-order valence-corrected chi connectivity index (χ1v) is 9.90. The van der Waals surface area contributed by atoms with E-state index in [1.165, 1.54) is 6.92 Å². The molecule has 2 fully saturated rings. The summed E-state index contributed by atoms with van der Waals surface area (Å²) in [5.74, 6) is 0.763. The topological polar surface area (TPSA) is 87.6 Å². The van der Waals surface area contributed by atoms with Crippen molar-refractivity contribution in [3.63, 3.8) is 0 Å². The molecular formula is C21H28N4O3. The summed E-state index contributed by atoms with van der Waals surface area (Å²) in [7, 11) is 0. The summed E-state index contributed by atoms with van der Waals surface area (Å²) < 4.78 is 6.21. The van der Waals surface area contributed by atoms with Gasteiger partial charge in [0.25, 0.3) is 0 Å². The normalized spacial score (nSPS) is 27.1. The number of nitrogens with one attached hydrogen (secondary N) is 1. The van der Waals surface area contributed by atoms with Crippen molar-refractivity contribution in [1.29, 1.82) is 0 Å². The highest BCUT2D eigenvalue weighted by Crippen LogP contribution is 2.41. The lowest BCUT2D eigenvalue weighted by Gasteiger charge is -2.51. The van der Waals surface area contributed by atoms with Gasteiger partial charge < -0.3 is 20.1 Å². The van der Waals surface area contributed by atoms with Crippen LogP contribution < -0.4 is 10.2 Å². The molecule has 150 valence electrons. The van der Waals surface area contributed by atoms with Crippen molar-refractivity contribution in [3.8, 4) is 0 Å². The monoisotopic (exact) mass is 384 g/mol. The number of anilines is 1. The zero-order valence-electron chi connectivity index (χ0n) is 16.7. The molecule has 7 heteroatoms. The quantitative estimate of drug-likeness (QED) is 0.823. The fourth-order valence-electron chi connectivity index (χ4n) is 4.61. The minimum Gasteiger partial charge on any atom is -0.388 e. The van der Waals surface area contributed by atoms with Gasteiger partial charge in [-0.1, -0.05) is 24.3 Å². The summed E-state index contributed by atoms with van der Waals surface area (Å²) >= 11 is 0. The van der Waals surface area contributed by atoms with Crippen molar-refractivity contribution in [3.05, 3.63) is 30.0 Å². The number of aryl methyl sites for hydroxylation is 1. The predicted molar refractivity (Wildman–Crippen MR) is 107 cm³/mol.